The highest BCUT2D eigenvalue weighted by Gasteiger charge is 2.65. The molecule has 3 aliphatic carbocycles. The first-order valence-electron chi connectivity index (χ1n) is 7.52. The summed E-state index contributed by atoms with van der Waals surface area (Å²) in [5.41, 5.74) is 3.13. The lowest BCUT2D eigenvalue weighted by atomic mass is 9.33. The van der Waals surface area contributed by atoms with Crippen LogP contribution in [0.5, 0.6) is 0 Å². The van der Waals surface area contributed by atoms with Crippen LogP contribution in [-0.4, -0.2) is 24.7 Å². The van der Waals surface area contributed by atoms with Gasteiger partial charge in [0.05, 0.1) is 0 Å². The monoisotopic (exact) mass is 273 g/mol. The molecule has 3 fully saturated rings. The molecule has 20 heavy (non-hydrogen) atoms. The van der Waals surface area contributed by atoms with E-state index in [-0.39, 0.29) is 5.91 Å². The molecule has 0 unspecified atom stereocenters. The Bertz CT molecular complexity index is 486. The van der Waals surface area contributed by atoms with Gasteiger partial charge in [-0.25, -0.2) is 0 Å². The van der Waals surface area contributed by atoms with Crippen LogP contribution >= 0.6 is 0 Å². The van der Waals surface area contributed by atoms with Crippen LogP contribution < -0.4 is 5.32 Å². The van der Waals surface area contributed by atoms with Gasteiger partial charge in [-0.1, -0.05) is 12.1 Å². The van der Waals surface area contributed by atoms with Gasteiger partial charge < -0.3 is 10.4 Å². The molecule has 0 aromatic heterocycles. The molecule has 4 rings (SSSR count). The lowest BCUT2D eigenvalue weighted by Gasteiger charge is -2.71. The molecule has 0 saturated heterocycles. The van der Waals surface area contributed by atoms with Gasteiger partial charge >= 0.3 is 0 Å². The maximum Gasteiger partial charge on any atom is 0.251 e. The predicted molar refractivity (Wildman–Crippen MR) is 78.6 cm³/mol. The summed E-state index contributed by atoms with van der Waals surface area (Å²) >= 11 is 0. The highest BCUT2D eigenvalue weighted by atomic mass is 16.3. The van der Waals surface area contributed by atoms with E-state index >= 15 is 0 Å². The second-order valence-corrected chi connectivity index (χ2v) is 6.78. The zero-order chi connectivity index (χ0) is 14.2. The van der Waals surface area contributed by atoms with Crippen LogP contribution in [0.15, 0.2) is 24.3 Å². The van der Waals surface area contributed by atoms with Crippen molar-refractivity contribution in [2.75, 3.05) is 13.7 Å². The Morgan fingerprint density at radius 1 is 1.15 bits per heavy atom. The van der Waals surface area contributed by atoms with Gasteiger partial charge in [0, 0.05) is 19.2 Å². The molecule has 2 bridgehead atoms. The van der Waals surface area contributed by atoms with Crippen LogP contribution in [0.4, 0.5) is 0 Å². The van der Waals surface area contributed by atoms with Crippen molar-refractivity contribution in [2.45, 2.75) is 38.5 Å². The van der Waals surface area contributed by atoms with E-state index in [1.165, 1.54) is 31.2 Å². The van der Waals surface area contributed by atoms with Gasteiger partial charge in [-0.05, 0) is 67.1 Å². The Kier molecular flexibility index (Phi) is 3.33. The molecule has 0 aliphatic heterocycles. The number of benzene rings is 1. The van der Waals surface area contributed by atoms with E-state index in [4.69, 9.17) is 5.11 Å². The number of rotatable bonds is 6. The number of aliphatic hydroxyl groups excluding tert-OH is 1. The average Bonchev–Trinajstić information content (AvgIpc) is 2.39. The SMILES string of the molecule is CNC(=O)c1ccc(CCC23CC(CCO)(C2)C3)cc1. The number of aryl methyl sites for hydroxylation is 1. The van der Waals surface area contributed by atoms with Crippen molar-refractivity contribution in [3.63, 3.8) is 0 Å². The van der Waals surface area contributed by atoms with Crippen LogP contribution in [0.2, 0.25) is 0 Å². The van der Waals surface area contributed by atoms with Gasteiger partial charge in [-0.3, -0.25) is 4.79 Å². The normalized spacial score (nSPS) is 30.3. The molecule has 0 spiro atoms. The molecule has 3 saturated carbocycles. The fraction of sp³-hybridized carbons (Fsp3) is 0.588. The van der Waals surface area contributed by atoms with Crippen LogP contribution in [0.1, 0.15) is 48.0 Å². The molecular weight excluding hydrogens is 250 g/mol. The lowest BCUT2D eigenvalue weighted by Crippen LogP contribution is -2.61. The van der Waals surface area contributed by atoms with Crippen molar-refractivity contribution in [3.8, 4) is 0 Å². The molecular formula is C17H23NO2. The molecule has 3 aliphatic rings. The van der Waals surface area contributed by atoms with Crippen molar-refractivity contribution in [2.24, 2.45) is 10.8 Å². The second kappa shape index (κ2) is 4.88. The van der Waals surface area contributed by atoms with Gasteiger partial charge in [0.1, 0.15) is 0 Å². The minimum atomic E-state index is -0.0260. The number of hydrogen-bond acceptors (Lipinski definition) is 2. The molecule has 108 valence electrons. The first kappa shape index (κ1) is 13.6. The predicted octanol–water partition coefficient (Wildman–Crippen LogP) is 2.53. The number of carbonyl (C=O) groups excluding carboxylic acids is 1. The average molecular weight is 273 g/mol. The Hall–Kier alpha value is -1.35. The van der Waals surface area contributed by atoms with Crippen LogP contribution in [0, 0.1) is 10.8 Å². The number of nitrogens with one attached hydrogen (secondary N) is 1. The summed E-state index contributed by atoms with van der Waals surface area (Å²) in [4.78, 5) is 11.5. The van der Waals surface area contributed by atoms with Crippen molar-refractivity contribution in [1.82, 2.24) is 5.32 Å². The van der Waals surface area contributed by atoms with Crippen molar-refractivity contribution < 1.29 is 9.90 Å². The zero-order valence-corrected chi connectivity index (χ0v) is 12.1. The third-order valence-corrected chi connectivity index (χ3v) is 5.28. The number of amides is 1. The molecule has 0 atom stereocenters. The van der Waals surface area contributed by atoms with E-state index < -0.39 is 0 Å². The first-order chi connectivity index (χ1) is 9.60. The number of aliphatic hydroxyl groups is 1. The third kappa shape index (κ3) is 2.24. The molecule has 3 heteroatoms. The van der Waals surface area contributed by atoms with E-state index in [0.717, 1.165) is 18.4 Å². The minimum Gasteiger partial charge on any atom is -0.396 e. The van der Waals surface area contributed by atoms with E-state index in [0.29, 0.717) is 17.4 Å². The van der Waals surface area contributed by atoms with E-state index in [1.54, 1.807) is 7.05 Å². The summed E-state index contributed by atoms with van der Waals surface area (Å²) in [7, 11) is 1.65. The lowest BCUT2D eigenvalue weighted by molar-refractivity contribution is -0.214. The van der Waals surface area contributed by atoms with Crippen molar-refractivity contribution >= 4 is 5.91 Å². The van der Waals surface area contributed by atoms with Gasteiger partial charge in [0.15, 0.2) is 0 Å². The summed E-state index contributed by atoms with van der Waals surface area (Å²) in [6.07, 6.45) is 7.29. The maximum atomic E-state index is 11.5. The molecule has 1 amide bonds. The first-order valence-corrected chi connectivity index (χ1v) is 7.52. The Labute approximate surface area is 120 Å². The van der Waals surface area contributed by atoms with Crippen molar-refractivity contribution in [3.05, 3.63) is 35.4 Å². The van der Waals surface area contributed by atoms with Gasteiger partial charge in [-0.15, -0.1) is 0 Å². The summed E-state index contributed by atoms with van der Waals surface area (Å²) in [5, 5.41) is 11.7. The summed E-state index contributed by atoms with van der Waals surface area (Å²) < 4.78 is 0. The minimum absolute atomic E-state index is 0.0260. The Morgan fingerprint density at radius 3 is 2.30 bits per heavy atom. The summed E-state index contributed by atoms with van der Waals surface area (Å²) in [6.45, 7) is 0.344. The molecule has 2 N–H and O–H groups in total. The second-order valence-electron chi connectivity index (χ2n) is 6.78. The maximum absolute atomic E-state index is 11.5. The molecule has 3 nitrogen and oxygen atoms in total. The fourth-order valence-corrected chi connectivity index (χ4v) is 4.38. The van der Waals surface area contributed by atoms with Crippen LogP contribution in [0.3, 0.4) is 0 Å². The standard InChI is InChI=1S/C17H23NO2/c1-18-15(20)14-4-2-13(3-5-14)6-7-16-10-17(11-16,12-16)8-9-19/h2-5,19H,6-12H2,1H3,(H,18,20). The molecule has 1 aromatic carbocycles. The fourth-order valence-electron chi connectivity index (χ4n) is 4.38. The van der Waals surface area contributed by atoms with Gasteiger partial charge in [0.25, 0.3) is 5.91 Å². The van der Waals surface area contributed by atoms with E-state index in [2.05, 4.69) is 17.4 Å². The smallest absolute Gasteiger partial charge is 0.251 e. The van der Waals surface area contributed by atoms with E-state index in [9.17, 15) is 4.79 Å². The summed E-state index contributed by atoms with van der Waals surface area (Å²) in [5.74, 6) is -0.0260. The molecule has 0 heterocycles. The largest absolute Gasteiger partial charge is 0.396 e. The highest BCUT2D eigenvalue weighted by molar-refractivity contribution is 5.93. The zero-order valence-electron chi connectivity index (χ0n) is 12.1. The Balaban J connectivity index is 1.50. The van der Waals surface area contributed by atoms with Crippen LogP contribution in [0.25, 0.3) is 0 Å². The molecule has 1 aromatic rings. The van der Waals surface area contributed by atoms with Crippen molar-refractivity contribution in [1.29, 1.82) is 0 Å². The Morgan fingerprint density at radius 2 is 1.75 bits per heavy atom. The topological polar surface area (TPSA) is 49.3 Å². The van der Waals surface area contributed by atoms with Gasteiger partial charge in [-0.2, -0.15) is 0 Å². The molecule has 0 radical (unpaired) electrons. The number of hydrogen-bond donors (Lipinski definition) is 2. The highest BCUT2D eigenvalue weighted by Crippen LogP contribution is 2.76. The quantitative estimate of drug-likeness (QED) is 0.837. The number of carbonyl (C=O) groups is 1. The van der Waals surface area contributed by atoms with E-state index in [1.807, 2.05) is 12.1 Å². The van der Waals surface area contributed by atoms with Crippen LogP contribution in [-0.2, 0) is 6.42 Å². The van der Waals surface area contributed by atoms with Gasteiger partial charge in [0.2, 0.25) is 0 Å². The summed E-state index contributed by atoms with van der Waals surface area (Å²) in [6, 6.07) is 7.95. The third-order valence-electron chi connectivity index (χ3n) is 5.28.